The van der Waals surface area contributed by atoms with E-state index in [1.807, 2.05) is 17.5 Å². The Hall–Kier alpha value is -1.57. The molecule has 0 unspecified atom stereocenters. The molecule has 5 nitrogen and oxygen atoms in total. The number of anilines is 1. The standard InChI is InChI=1S/C13H16N2O3S2/c1-15(2)20(16,17)12-7-3-6-11(13(12)14)18-9-10-5-4-8-19-10/h3-8H,9,14H2,1-2H3. The molecule has 0 amide bonds. The lowest BCUT2D eigenvalue weighted by Crippen LogP contribution is -2.23. The van der Waals surface area contributed by atoms with Crippen LogP contribution in [0.25, 0.3) is 0 Å². The fourth-order valence-corrected chi connectivity index (χ4v) is 3.25. The molecule has 108 valence electrons. The number of nitrogens with two attached hydrogens (primary N) is 1. The molecule has 1 heterocycles. The zero-order valence-corrected chi connectivity index (χ0v) is 12.9. The van der Waals surface area contributed by atoms with Crippen molar-refractivity contribution in [3.63, 3.8) is 0 Å². The third-order valence-corrected chi connectivity index (χ3v) is 5.46. The number of rotatable bonds is 5. The van der Waals surface area contributed by atoms with E-state index in [9.17, 15) is 8.42 Å². The topological polar surface area (TPSA) is 72.6 Å². The van der Waals surface area contributed by atoms with Crippen LogP contribution < -0.4 is 10.5 Å². The summed E-state index contributed by atoms with van der Waals surface area (Å²) >= 11 is 1.57. The second-order valence-electron chi connectivity index (χ2n) is 4.32. The van der Waals surface area contributed by atoms with Gasteiger partial charge in [0.25, 0.3) is 0 Å². The summed E-state index contributed by atoms with van der Waals surface area (Å²) in [6.45, 7) is 0.368. The van der Waals surface area contributed by atoms with Crippen LogP contribution in [0.5, 0.6) is 5.75 Å². The molecule has 2 rings (SSSR count). The van der Waals surface area contributed by atoms with Gasteiger partial charge in [-0.1, -0.05) is 12.1 Å². The van der Waals surface area contributed by atoms with Crippen molar-refractivity contribution in [2.75, 3.05) is 19.8 Å². The highest BCUT2D eigenvalue weighted by atomic mass is 32.2. The SMILES string of the molecule is CN(C)S(=O)(=O)c1cccc(OCc2cccs2)c1N. The maximum Gasteiger partial charge on any atom is 0.244 e. The molecule has 0 saturated carbocycles. The molecule has 0 aliphatic heterocycles. The Kier molecular flexibility index (Phi) is 4.32. The van der Waals surface area contributed by atoms with Gasteiger partial charge in [-0.15, -0.1) is 11.3 Å². The van der Waals surface area contributed by atoms with Crippen molar-refractivity contribution in [1.29, 1.82) is 0 Å². The van der Waals surface area contributed by atoms with Gasteiger partial charge in [0.15, 0.2) is 0 Å². The van der Waals surface area contributed by atoms with Crippen LogP contribution in [0.1, 0.15) is 4.88 Å². The van der Waals surface area contributed by atoms with E-state index in [2.05, 4.69) is 0 Å². The summed E-state index contributed by atoms with van der Waals surface area (Å²) in [6.07, 6.45) is 0. The molecule has 0 spiro atoms. The van der Waals surface area contributed by atoms with Crippen molar-refractivity contribution < 1.29 is 13.2 Å². The fourth-order valence-electron chi connectivity index (χ4n) is 1.61. The molecular weight excluding hydrogens is 296 g/mol. The van der Waals surface area contributed by atoms with Crippen molar-refractivity contribution in [2.45, 2.75) is 11.5 Å². The first kappa shape index (κ1) is 14.8. The first-order valence-electron chi connectivity index (χ1n) is 5.89. The van der Waals surface area contributed by atoms with Gasteiger partial charge < -0.3 is 10.5 Å². The summed E-state index contributed by atoms with van der Waals surface area (Å²) < 4.78 is 31.0. The Labute approximate surface area is 122 Å². The zero-order valence-electron chi connectivity index (χ0n) is 11.2. The number of ether oxygens (including phenoxy) is 1. The minimum Gasteiger partial charge on any atom is -0.486 e. The van der Waals surface area contributed by atoms with Crippen molar-refractivity contribution in [3.05, 3.63) is 40.6 Å². The maximum atomic E-state index is 12.1. The number of sulfonamides is 1. The molecular formula is C13H16N2O3S2. The Morgan fingerprint density at radius 3 is 2.60 bits per heavy atom. The highest BCUT2D eigenvalue weighted by molar-refractivity contribution is 7.89. The lowest BCUT2D eigenvalue weighted by Gasteiger charge is -2.15. The Morgan fingerprint density at radius 1 is 1.25 bits per heavy atom. The molecule has 1 aromatic carbocycles. The number of benzene rings is 1. The highest BCUT2D eigenvalue weighted by Gasteiger charge is 2.22. The van der Waals surface area contributed by atoms with Crippen LogP contribution in [-0.2, 0) is 16.6 Å². The second kappa shape index (κ2) is 5.82. The van der Waals surface area contributed by atoms with Crippen molar-refractivity contribution in [2.24, 2.45) is 0 Å². The average Bonchev–Trinajstić information content (AvgIpc) is 2.90. The molecule has 7 heteroatoms. The van der Waals surface area contributed by atoms with Crippen LogP contribution in [0.3, 0.4) is 0 Å². The van der Waals surface area contributed by atoms with Gasteiger partial charge >= 0.3 is 0 Å². The molecule has 0 fully saturated rings. The minimum atomic E-state index is -3.57. The van der Waals surface area contributed by atoms with Crippen LogP contribution >= 0.6 is 11.3 Å². The molecule has 0 saturated heterocycles. The third-order valence-electron chi connectivity index (χ3n) is 2.73. The van der Waals surface area contributed by atoms with E-state index >= 15 is 0 Å². The van der Waals surface area contributed by atoms with Gasteiger partial charge in [-0.25, -0.2) is 12.7 Å². The van der Waals surface area contributed by atoms with E-state index in [4.69, 9.17) is 10.5 Å². The summed E-state index contributed by atoms with van der Waals surface area (Å²) in [7, 11) is -0.639. The van der Waals surface area contributed by atoms with Gasteiger partial charge in [0.2, 0.25) is 10.0 Å². The quantitative estimate of drug-likeness (QED) is 0.859. The summed E-state index contributed by atoms with van der Waals surface area (Å²) in [4.78, 5) is 1.11. The summed E-state index contributed by atoms with van der Waals surface area (Å²) in [6, 6.07) is 8.64. The molecule has 0 aliphatic rings. The number of thiophene rings is 1. The Bertz CT molecular complexity index is 680. The predicted molar refractivity (Wildman–Crippen MR) is 80.4 cm³/mol. The van der Waals surface area contributed by atoms with Gasteiger partial charge in [0.05, 0.1) is 5.69 Å². The number of hydrogen-bond donors (Lipinski definition) is 1. The molecule has 1 aromatic heterocycles. The summed E-state index contributed by atoms with van der Waals surface area (Å²) in [5, 5.41) is 1.95. The number of nitrogen functional groups attached to an aromatic ring is 1. The monoisotopic (exact) mass is 312 g/mol. The maximum absolute atomic E-state index is 12.1. The Balaban J connectivity index is 2.28. The van der Waals surface area contributed by atoms with Crippen LogP contribution in [0.2, 0.25) is 0 Å². The van der Waals surface area contributed by atoms with Crippen molar-refractivity contribution in [3.8, 4) is 5.75 Å². The molecule has 0 aliphatic carbocycles. The number of hydrogen-bond acceptors (Lipinski definition) is 5. The van der Waals surface area contributed by atoms with E-state index in [-0.39, 0.29) is 10.6 Å². The Morgan fingerprint density at radius 2 is 2.00 bits per heavy atom. The van der Waals surface area contributed by atoms with E-state index in [0.717, 1.165) is 9.18 Å². The van der Waals surface area contributed by atoms with Crippen LogP contribution in [0.4, 0.5) is 5.69 Å². The van der Waals surface area contributed by atoms with E-state index in [0.29, 0.717) is 12.4 Å². The van der Waals surface area contributed by atoms with Gasteiger partial charge in [-0.3, -0.25) is 0 Å². The first-order valence-corrected chi connectivity index (χ1v) is 8.21. The summed E-state index contributed by atoms with van der Waals surface area (Å²) in [5.74, 6) is 0.376. The zero-order chi connectivity index (χ0) is 14.8. The smallest absolute Gasteiger partial charge is 0.244 e. The van der Waals surface area contributed by atoms with Crippen LogP contribution in [0, 0.1) is 0 Å². The lowest BCUT2D eigenvalue weighted by atomic mass is 10.3. The van der Waals surface area contributed by atoms with Crippen LogP contribution in [0.15, 0.2) is 40.6 Å². The first-order chi connectivity index (χ1) is 9.43. The molecule has 2 N–H and O–H groups in total. The minimum absolute atomic E-state index is 0.0613. The third kappa shape index (κ3) is 2.95. The van der Waals surface area contributed by atoms with Gasteiger partial charge in [0, 0.05) is 19.0 Å². The predicted octanol–water partition coefficient (Wildman–Crippen LogP) is 2.16. The van der Waals surface area contributed by atoms with Crippen molar-refractivity contribution in [1.82, 2.24) is 4.31 Å². The van der Waals surface area contributed by atoms with E-state index < -0.39 is 10.0 Å². The largest absolute Gasteiger partial charge is 0.486 e. The average molecular weight is 312 g/mol. The lowest BCUT2D eigenvalue weighted by molar-refractivity contribution is 0.311. The molecule has 2 aromatic rings. The second-order valence-corrected chi connectivity index (χ2v) is 7.48. The number of nitrogens with zero attached hydrogens (tertiary/aromatic N) is 1. The molecule has 0 atom stereocenters. The van der Waals surface area contributed by atoms with Gasteiger partial charge in [0.1, 0.15) is 17.3 Å². The summed E-state index contributed by atoms with van der Waals surface area (Å²) in [5.41, 5.74) is 6.06. The van der Waals surface area contributed by atoms with Crippen LogP contribution in [-0.4, -0.2) is 26.8 Å². The van der Waals surface area contributed by atoms with Gasteiger partial charge in [-0.05, 0) is 23.6 Å². The highest BCUT2D eigenvalue weighted by Crippen LogP contribution is 2.30. The van der Waals surface area contributed by atoms with E-state index in [1.54, 1.807) is 23.5 Å². The van der Waals surface area contributed by atoms with Gasteiger partial charge in [-0.2, -0.15) is 0 Å². The van der Waals surface area contributed by atoms with Crippen molar-refractivity contribution >= 4 is 27.0 Å². The normalized spacial score (nSPS) is 11.8. The molecule has 20 heavy (non-hydrogen) atoms. The number of para-hydroxylation sites is 1. The molecule has 0 bridgehead atoms. The van der Waals surface area contributed by atoms with E-state index in [1.165, 1.54) is 20.2 Å². The molecule has 0 radical (unpaired) electrons. The fraction of sp³-hybridized carbons (Fsp3) is 0.231.